The molecule has 1 aliphatic rings. The van der Waals surface area contributed by atoms with Crippen LogP contribution in [0.15, 0.2) is 78.9 Å². The molecule has 2 amide bonds. The molecular formula is C26H26N2O3. The van der Waals surface area contributed by atoms with Crippen LogP contribution in [0.4, 0.5) is 10.5 Å². The van der Waals surface area contributed by atoms with Gasteiger partial charge in [-0.05, 0) is 59.7 Å². The lowest BCUT2D eigenvalue weighted by Gasteiger charge is -2.31. The van der Waals surface area contributed by atoms with Gasteiger partial charge >= 0.3 is 6.09 Å². The van der Waals surface area contributed by atoms with Crippen LogP contribution < -0.4 is 5.32 Å². The summed E-state index contributed by atoms with van der Waals surface area (Å²) in [6.45, 7) is 1.39. The van der Waals surface area contributed by atoms with Gasteiger partial charge in [-0.15, -0.1) is 0 Å². The van der Waals surface area contributed by atoms with Crippen LogP contribution in [0.25, 0.3) is 11.1 Å². The molecule has 0 spiro atoms. The van der Waals surface area contributed by atoms with E-state index in [-0.39, 0.29) is 12.0 Å². The maximum Gasteiger partial charge on any atom is 0.409 e. The zero-order chi connectivity index (χ0) is 21.6. The van der Waals surface area contributed by atoms with Gasteiger partial charge < -0.3 is 15.0 Å². The van der Waals surface area contributed by atoms with Crippen LogP contribution in [0.2, 0.25) is 0 Å². The Labute approximate surface area is 182 Å². The van der Waals surface area contributed by atoms with Crippen LogP contribution in [0, 0.1) is 0 Å². The van der Waals surface area contributed by atoms with E-state index >= 15 is 0 Å². The van der Waals surface area contributed by atoms with Crippen molar-refractivity contribution >= 4 is 17.7 Å². The first kappa shape index (κ1) is 20.7. The van der Waals surface area contributed by atoms with Crippen LogP contribution >= 0.6 is 0 Å². The minimum atomic E-state index is -0.262. The molecule has 0 atom stereocenters. The van der Waals surface area contributed by atoms with E-state index in [4.69, 9.17) is 4.74 Å². The molecule has 1 aliphatic heterocycles. The lowest BCUT2D eigenvalue weighted by atomic mass is 9.89. The van der Waals surface area contributed by atoms with E-state index in [1.165, 1.54) is 12.7 Å². The molecule has 31 heavy (non-hydrogen) atoms. The first-order chi connectivity index (χ1) is 15.1. The highest BCUT2D eigenvalue weighted by molar-refractivity contribution is 6.04. The van der Waals surface area contributed by atoms with E-state index in [9.17, 15) is 9.59 Å². The standard InChI is InChI=1S/C26H26N2O3/c1-31-26(30)28-17-15-22(16-18-28)20-7-9-23(10-8-20)25(29)27-24-13-11-21(12-14-24)19-5-3-2-4-6-19/h2-14,22H,15-18H2,1H3,(H,27,29). The van der Waals surface area contributed by atoms with Gasteiger partial charge in [0.25, 0.3) is 5.91 Å². The van der Waals surface area contributed by atoms with Gasteiger partial charge in [0.05, 0.1) is 7.11 Å². The molecule has 4 rings (SSSR count). The fraction of sp³-hybridized carbons (Fsp3) is 0.231. The van der Waals surface area contributed by atoms with Crippen molar-refractivity contribution in [3.63, 3.8) is 0 Å². The van der Waals surface area contributed by atoms with E-state index < -0.39 is 0 Å². The average molecular weight is 415 g/mol. The molecule has 5 heteroatoms. The van der Waals surface area contributed by atoms with Gasteiger partial charge in [-0.25, -0.2) is 4.79 Å². The number of likely N-dealkylation sites (tertiary alicyclic amines) is 1. The molecule has 1 saturated heterocycles. The second-order valence-electron chi connectivity index (χ2n) is 7.75. The molecule has 1 N–H and O–H groups in total. The molecule has 5 nitrogen and oxygen atoms in total. The maximum atomic E-state index is 12.6. The number of methoxy groups -OCH3 is 1. The summed E-state index contributed by atoms with van der Waals surface area (Å²) < 4.78 is 4.79. The van der Waals surface area contributed by atoms with Gasteiger partial charge in [0.1, 0.15) is 0 Å². The van der Waals surface area contributed by atoms with Crippen molar-refractivity contribution in [3.05, 3.63) is 90.0 Å². The predicted octanol–water partition coefficient (Wildman–Crippen LogP) is 5.55. The van der Waals surface area contributed by atoms with Gasteiger partial charge in [-0.2, -0.15) is 0 Å². The van der Waals surface area contributed by atoms with Crippen LogP contribution in [0.1, 0.15) is 34.7 Å². The summed E-state index contributed by atoms with van der Waals surface area (Å²) in [5, 5.41) is 2.96. The Balaban J connectivity index is 1.35. The third-order valence-corrected chi connectivity index (χ3v) is 5.82. The van der Waals surface area contributed by atoms with Gasteiger partial charge in [0.15, 0.2) is 0 Å². The quantitative estimate of drug-likeness (QED) is 0.609. The Morgan fingerprint density at radius 3 is 2.06 bits per heavy atom. The Kier molecular flexibility index (Phi) is 6.32. The highest BCUT2D eigenvalue weighted by Crippen LogP contribution is 2.28. The Morgan fingerprint density at radius 2 is 1.45 bits per heavy atom. The summed E-state index contributed by atoms with van der Waals surface area (Å²) in [4.78, 5) is 26.0. The number of nitrogens with one attached hydrogen (secondary N) is 1. The molecule has 0 aromatic heterocycles. The van der Waals surface area contributed by atoms with Crippen LogP contribution in [-0.4, -0.2) is 37.1 Å². The Morgan fingerprint density at radius 1 is 0.839 bits per heavy atom. The van der Waals surface area contributed by atoms with Crippen molar-refractivity contribution in [3.8, 4) is 11.1 Å². The van der Waals surface area contributed by atoms with Crippen LogP contribution in [0.5, 0.6) is 0 Å². The lowest BCUT2D eigenvalue weighted by Crippen LogP contribution is -2.37. The summed E-state index contributed by atoms with van der Waals surface area (Å²) in [5.41, 5.74) is 4.86. The third-order valence-electron chi connectivity index (χ3n) is 5.82. The number of nitrogens with zero attached hydrogens (tertiary/aromatic N) is 1. The number of anilines is 1. The van der Waals surface area contributed by atoms with Crippen LogP contribution in [0.3, 0.4) is 0 Å². The molecule has 1 heterocycles. The van der Waals surface area contributed by atoms with E-state index in [1.54, 1.807) is 4.90 Å². The largest absolute Gasteiger partial charge is 0.453 e. The molecule has 158 valence electrons. The summed E-state index contributed by atoms with van der Waals surface area (Å²) in [7, 11) is 1.41. The van der Waals surface area contributed by atoms with Crippen LogP contribution in [-0.2, 0) is 4.74 Å². The van der Waals surface area contributed by atoms with Crippen molar-refractivity contribution in [2.45, 2.75) is 18.8 Å². The summed E-state index contributed by atoms with van der Waals surface area (Å²) in [6.07, 6.45) is 1.53. The van der Waals surface area contributed by atoms with Crippen molar-refractivity contribution in [1.29, 1.82) is 0 Å². The fourth-order valence-corrected chi connectivity index (χ4v) is 4.01. The fourth-order valence-electron chi connectivity index (χ4n) is 4.01. The second-order valence-corrected chi connectivity index (χ2v) is 7.75. The van der Waals surface area contributed by atoms with E-state index in [0.717, 1.165) is 29.7 Å². The Bertz CT molecular complexity index is 1020. The average Bonchev–Trinajstić information content (AvgIpc) is 2.85. The molecule has 3 aromatic carbocycles. The third kappa shape index (κ3) is 4.94. The number of carbonyl (C=O) groups excluding carboxylic acids is 2. The normalized spacial score (nSPS) is 14.2. The highest BCUT2D eigenvalue weighted by atomic mass is 16.5. The molecule has 1 fully saturated rings. The van der Waals surface area contributed by atoms with E-state index in [1.807, 2.05) is 66.7 Å². The number of rotatable bonds is 4. The number of carbonyl (C=O) groups is 2. The van der Waals surface area contributed by atoms with Gasteiger partial charge in [0, 0.05) is 24.3 Å². The van der Waals surface area contributed by atoms with E-state index in [2.05, 4.69) is 17.4 Å². The number of ether oxygens (including phenoxy) is 1. The van der Waals surface area contributed by atoms with Crippen molar-refractivity contribution in [2.75, 3.05) is 25.5 Å². The molecule has 0 radical (unpaired) electrons. The molecule has 0 bridgehead atoms. The second kappa shape index (κ2) is 9.47. The van der Waals surface area contributed by atoms with Gasteiger partial charge in [-0.3, -0.25) is 4.79 Å². The molecular weight excluding hydrogens is 388 g/mol. The van der Waals surface area contributed by atoms with E-state index in [0.29, 0.717) is 24.6 Å². The number of hydrogen-bond donors (Lipinski definition) is 1. The monoisotopic (exact) mass is 414 g/mol. The summed E-state index contributed by atoms with van der Waals surface area (Å²) in [6, 6.07) is 25.8. The van der Waals surface area contributed by atoms with Gasteiger partial charge in [-0.1, -0.05) is 54.6 Å². The zero-order valence-electron chi connectivity index (χ0n) is 17.6. The minimum absolute atomic E-state index is 0.125. The number of piperidine rings is 1. The molecule has 0 saturated carbocycles. The van der Waals surface area contributed by atoms with Crippen molar-refractivity contribution in [2.24, 2.45) is 0 Å². The molecule has 0 unspecified atom stereocenters. The molecule has 3 aromatic rings. The predicted molar refractivity (Wildman–Crippen MR) is 122 cm³/mol. The lowest BCUT2D eigenvalue weighted by molar-refractivity contribution is 0.102. The number of amides is 2. The molecule has 0 aliphatic carbocycles. The number of benzene rings is 3. The first-order valence-corrected chi connectivity index (χ1v) is 10.5. The topological polar surface area (TPSA) is 58.6 Å². The van der Waals surface area contributed by atoms with Crippen molar-refractivity contribution in [1.82, 2.24) is 4.90 Å². The minimum Gasteiger partial charge on any atom is -0.453 e. The zero-order valence-corrected chi connectivity index (χ0v) is 17.6. The Hall–Kier alpha value is -3.60. The number of hydrogen-bond acceptors (Lipinski definition) is 3. The first-order valence-electron chi connectivity index (χ1n) is 10.5. The van der Waals surface area contributed by atoms with Crippen molar-refractivity contribution < 1.29 is 14.3 Å². The SMILES string of the molecule is COC(=O)N1CCC(c2ccc(C(=O)Nc3ccc(-c4ccccc4)cc3)cc2)CC1. The maximum absolute atomic E-state index is 12.6. The summed E-state index contributed by atoms with van der Waals surface area (Å²) in [5.74, 6) is 0.267. The smallest absolute Gasteiger partial charge is 0.409 e. The highest BCUT2D eigenvalue weighted by Gasteiger charge is 2.24. The summed E-state index contributed by atoms with van der Waals surface area (Å²) >= 11 is 0. The van der Waals surface area contributed by atoms with Gasteiger partial charge in [0.2, 0.25) is 0 Å².